The Hall–Kier alpha value is -0.870. The fraction of sp³-hybridized carbons (Fsp3) is 0.812. The number of hydrogen-bond acceptors (Lipinski definition) is 3. The molecule has 1 saturated carbocycles. The van der Waals surface area contributed by atoms with Gasteiger partial charge in [0.1, 0.15) is 0 Å². The molecule has 4 nitrogen and oxygen atoms in total. The summed E-state index contributed by atoms with van der Waals surface area (Å²) in [6, 6.07) is 1.11. The number of hydrogen-bond donors (Lipinski definition) is 1. The molecule has 2 N–H and O–H groups in total. The van der Waals surface area contributed by atoms with Crippen LogP contribution in [0.4, 0.5) is 0 Å². The molecule has 0 radical (unpaired) electrons. The normalized spacial score (nSPS) is 29.1. The van der Waals surface area contributed by atoms with Gasteiger partial charge < -0.3 is 5.73 Å². The third kappa shape index (κ3) is 2.40. The van der Waals surface area contributed by atoms with E-state index in [-0.39, 0.29) is 0 Å². The van der Waals surface area contributed by atoms with Crippen LogP contribution in [0.1, 0.15) is 55.8 Å². The molecule has 1 aliphatic carbocycles. The van der Waals surface area contributed by atoms with Crippen molar-refractivity contribution in [1.29, 1.82) is 0 Å². The summed E-state index contributed by atoms with van der Waals surface area (Å²) in [5, 5.41) is 4.42. The first kappa shape index (κ1) is 14.1. The second-order valence-corrected chi connectivity index (χ2v) is 6.55. The predicted molar refractivity (Wildman–Crippen MR) is 81.4 cm³/mol. The molecule has 20 heavy (non-hydrogen) atoms. The monoisotopic (exact) mass is 276 g/mol. The molecule has 0 spiro atoms. The number of nitrogens with zero attached hydrogens (tertiary/aromatic N) is 3. The van der Waals surface area contributed by atoms with Crippen LogP contribution in [0.15, 0.2) is 6.20 Å². The van der Waals surface area contributed by atoms with Gasteiger partial charge >= 0.3 is 0 Å². The van der Waals surface area contributed by atoms with Gasteiger partial charge in [0.05, 0.1) is 12.2 Å². The topological polar surface area (TPSA) is 47.1 Å². The second-order valence-electron chi connectivity index (χ2n) is 6.55. The van der Waals surface area contributed by atoms with E-state index in [2.05, 4.69) is 16.9 Å². The van der Waals surface area contributed by atoms with E-state index in [9.17, 15) is 0 Å². The van der Waals surface area contributed by atoms with Crippen LogP contribution < -0.4 is 5.73 Å². The third-order valence-electron chi connectivity index (χ3n) is 5.54. The van der Waals surface area contributed by atoms with Crippen LogP contribution >= 0.6 is 0 Å². The molecule has 0 amide bonds. The van der Waals surface area contributed by atoms with Crippen molar-refractivity contribution in [2.24, 2.45) is 18.7 Å². The first-order valence-corrected chi connectivity index (χ1v) is 8.16. The molecule has 112 valence electrons. The molecule has 4 heteroatoms. The van der Waals surface area contributed by atoms with E-state index >= 15 is 0 Å². The van der Waals surface area contributed by atoms with Crippen molar-refractivity contribution in [3.8, 4) is 0 Å². The molecule has 3 atom stereocenters. The molecule has 0 aromatic carbocycles. The first-order valence-electron chi connectivity index (χ1n) is 8.16. The zero-order chi connectivity index (χ0) is 14.1. The minimum atomic E-state index is 0.356. The molecule has 2 fully saturated rings. The number of piperidine rings is 1. The summed E-state index contributed by atoms with van der Waals surface area (Å²) in [7, 11) is 2.02. The van der Waals surface area contributed by atoms with Gasteiger partial charge in [0.15, 0.2) is 0 Å². The molecule has 1 aliphatic heterocycles. The minimum Gasteiger partial charge on any atom is -0.329 e. The number of aromatic nitrogens is 2. The van der Waals surface area contributed by atoms with Gasteiger partial charge in [0, 0.05) is 30.9 Å². The van der Waals surface area contributed by atoms with Gasteiger partial charge in [0.2, 0.25) is 0 Å². The number of nitrogens with two attached hydrogens (primary N) is 1. The van der Waals surface area contributed by atoms with Gasteiger partial charge in [-0.25, -0.2) is 0 Å². The molecule has 1 aromatic rings. The maximum atomic E-state index is 6.16. The summed E-state index contributed by atoms with van der Waals surface area (Å²) in [4.78, 5) is 2.71. The van der Waals surface area contributed by atoms with E-state index in [1.165, 1.54) is 56.3 Å². The molecule has 2 aliphatic rings. The third-order valence-corrected chi connectivity index (χ3v) is 5.54. The number of likely N-dealkylation sites (tertiary alicyclic amines) is 1. The quantitative estimate of drug-likeness (QED) is 0.922. The molecule has 3 rings (SSSR count). The molecule has 1 saturated heterocycles. The Morgan fingerprint density at radius 3 is 2.75 bits per heavy atom. The lowest BCUT2D eigenvalue weighted by molar-refractivity contribution is 0.0274. The number of aryl methyl sites for hydroxylation is 1. The van der Waals surface area contributed by atoms with Gasteiger partial charge in [-0.15, -0.1) is 0 Å². The molecule has 2 heterocycles. The van der Waals surface area contributed by atoms with Crippen LogP contribution in [0.25, 0.3) is 0 Å². The van der Waals surface area contributed by atoms with Crippen molar-refractivity contribution in [3.63, 3.8) is 0 Å². The molecule has 1 aromatic heterocycles. The SMILES string of the molecule is Cc1c(C(CN)N2CCC[C@H]3CCCC[C@H]32)cnn1C. The minimum absolute atomic E-state index is 0.356. The van der Waals surface area contributed by atoms with E-state index in [1.54, 1.807) is 0 Å². The Morgan fingerprint density at radius 2 is 2.05 bits per heavy atom. The van der Waals surface area contributed by atoms with Crippen LogP contribution in [0.5, 0.6) is 0 Å². The van der Waals surface area contributed by atoms with Gasteiger partial charge in [-0.3, -0.25) is 9.58 Å². The Balaban J connectivity index is 1.86. The van der Waals surface area contributed by atoms with E-state index in [0.29, 0.717) is 12.6 Å². The van der Waals surface area contributed by atoms with E-state index in [1.807, 2.05) is 17.9 Å². The summed E-state index contributed by atoms with van der Waals surface area (Å²) < 4.78 is 1.97. The summed E-state index contributed by atoms with van der Waals surface area (Å²) in [6.07, 6.45) is 10.4. The van der Waals surface area contributed by atoms with Crippen molar-refractivity contribution >= 4 is 0 Å². The lowest BCUT2D eigenvalue weighted by Crippen LogP contribution is -2.50. The summed E-state index contributed by atoms with van der Waals surface area (Å²) in [6.45, 7) is 4.07. The van der Waals surface area contributed by atoms with Crippen LogP contribution in [0, 0.1) is 12.8 Å². The van der Waals surface area contributed by atoms with Gasteiger partial charge in [-0.2, -0.15) is 5.10 Å². The van der Waals surface area contributed by atoms with Gasteiger partial charge in [-0.1, -0.05) is 12.8 Å². The van der Waals surface area contributed by atoms with E-state index < -0.39 is 0 Å². The van der Waals surface area contributed by atoms with Crippen LogP contribution in [0.2, 0.25) is 0 Å². The van der Waals surface area contributed by atoms with Crippen LogP contribution in [0.3, 0.4) is 0 Å². The predicted octanol–water partition coefficient (Wildman–Crippen LogP) is 2.38. The highest BCUT2D eigenvalue weighted by molar-refractivity contribution is 5.21. The van der Waals surface area contributed by atoms with Crippen molar-refractivity contribution in [2.45, 2.75) is 57.5 Å². The smallest absolute Gasteiger partial charge is 0.0540 e. The largest absolute Gasteiger partial charge is 0.329 e. The van der Waals surface area contributed by atoms with Gasteiger partial charge in [0.25, 0.3) is 0 Å². The van der Waals surface area contributed by atoms with Crippen molar-refractivity contribution in [2.75, 3.05) is 13.1 Å². The average molecular weight is 276 g/mol. The lowest BCUT2D eigenvalue weighted by atomic mass is 9.77. The Bertz CT molecular complexity index is 451. The highest BCUT2D eigenvalue weighted by atomic mass is 15.3. The van der Waals surface area contributed by atoms with Crippen LogP contribution in [-0.2, 0) is 7.05 Å². The highest BCUT2D eigenvalue weighted by Gasteiger charge is 2.37. The zero-order valence-corrected chi connectivity index (χ0v) is 12.9. The van der Waals surface area contributed by atoms with Crippen molar-refractivity contribution in [3.05, 3.63) is 17.5 Å². The average Bonchev–Trinajstić information content (AvgIpc) is 2.81. The molecular formula is C16H28N4. The van der Waals surface area contributed by atoms with E-state index in [0.717, 1.165) is 12.0 Å². The first-order chi connectivity index (χ1) is 9.72. The zero-order valence-electron chi connectivity index (χ0n) is 12.9. The maximum Gasteiger partial charge on any atom is 0.0540 e. The second kappa shape index (κ2) is 5.86. The fourth-order valence-corrected chi connectivity index (χ4v) is 4.33. The maximum absolute atomic E-state index is 6.16. The van der Waals surface area contributed by atoms with E-state index in [4.69, 9.17) is 5.73 Å². The summed E-state index contributed by atoms with van der Waals surface area (Å²) >= 11 is 0. The van der Waals surface area contributed by atoms with Gasteiger partial charge in [-0.05, 0) is 45.1 Å². The fourth-order valence-electron chi connectivity index (χ4n) is 4.33. The highest BCUT2D eigenvalue weighted by Crippen LogP contribution is 2.39. The summed E-state index contributed by atoms with van der Waals surface area (Å²) in [5.74, 6) is 0.906. The number of fused-ring (bicyclic) bond motifs is 1. The van der Waals surface area contributed by atoms with Crippen molar-refractivity contribution < 1.29 is 0 Å². The lowest BCUT2D eigenvalue weighted by Gasteiger charge is -2.47. The molecular weight excluding hydrogens is 248 g/mol. The molecule has 0 bridgehead atoms. The summed E-state index contributed by atoms with van der Waals surface area (Å²) in [5.41, 5.74) is 8.75. The molecule has 1 unspecified atom stereocenters. The standard InChI is InChI=1S/C16H28N4/c1-12-14(11-18-19(12)2)16(10-17)20-9-5-7-13-6-3-4-8-15(13)20/h11,13,15-16H,3-10,17H2,1-2H3/t13-,15-,16?/m1/s1. The van der Waals surface area contributed by atoms with Crippen LogP contribution in [-0.4, -0.2) is 33.8 Å². The van der Waals surface area contributed by atoms with Crippen molar-refractivity contribution in [1.82, 2.24) is 14.7 Å². The Morgan fingerprint density at radius 1 is 1.30 bits per heavy atom. The Labute approximate surface area is 122 Å². The Kier molecular flexibility index (Phi) is 4.13. The number of rotatable bonds is 3.